The minimum atomic E-state index is -0.498. The standard InChI is InChI=1S/C13H22N2OS/c1-11(12-14-8-9-17-12)15-10-13(16)6-4-2-3-5-7-13/h8-9,11,15-16H,2-7,10H2,1H3. The van der Waals surface area contributed by atoms with Crippen molar-refractivity contribution in [2.75, 3.05) is 6.54 Å². The summed E-state index contributed by atoms with van der Waals surface area (Å²) in [5.74, 6) is 0. The highest BCUT2D eigenvalue weighted by Crippen LogP contribution is 2.27. The molecule has 3 nitrogen and oxygen atoms in total. The van der Waals surface area contributed by atoms with E-state index in [0.717, 1.165) is 30.7 Å². The van der Waals surface area contributed by atoms with Gasteiger partial charge in [0.25, 0.3) is 0 Å². The minimum Gasteiger partial charge on any atom is -0.389 e. The predicted octanol–water partition coefficient (Wildman–Crippen LogP) is 2.88. The number of hydrogen-bond donors (Lipinski definition) is 2. The van der Waals surface area contributed by atoms with E-state index in [2.05, 4.69) is 17.2 Å². The molecule has 0 amide bonds. The molecule has 1 unspecified atom stereocenters. The first-order chi connectivity index (χ1) is 8.20. The van der Waals surface area contributed by atoms with E-state index in [1.165, 1.54) is 12.8 Å². The van der Waals surface area contributed by atoms with E-state index in [1.807, 2.05) is 11.6 Å². The van der Waals surface area contributed by atoms with Crippen LogP contribution in [-0.4, -0.2) is 22.2 Å². The minimum absolute atomic E-state index is 0.238. The van der Waals surface area contributed by atoms with Crippen molar-refractivity contribution in [1.82, 2.24) is 10.3 Å². The summed E-state index contributed by atoms with van der Waals surface area (Å²) < 4.78 is 0. The van der Waals surface area contributed by atoms with Crippen molar-refractivity contribution in [1.29, 1.82) is 0 Å². The Bertz CT molecular complexity index is 318. The van der Waals surface area contributed by atoms with Crippen molar-refractivity contribution >= 4 is 11.3 Å². The molecule has 2 rings (SSSR count). The fourth-order valence-electron chi connectivity index (χ4n) is 2.44. The third-order valence-corrected chi connectivity index (χ3v) is 4.55. The molecular weight excluding hydrogens is 232 g/mol. The first kappa shape index (κ1) is 13.0. The zero-order valence-electron chi connectivity index (χ0n) is 10.5. The Morgan fingerprint density at radius 3 is 2.71 bits per heavy atom. The Labute approximate surface area is 107 Å². The maximum absolute atomic E-state index is 10.5. The SMILES string of the molecule is CC(NCC1(O)CCCCCC1)c1nccs1. The second kappa shape index (κ2) is 5.94. The molecule has 1 aliphatic carbocycles. The summed E-state index contributed by atoms with van der Waals surface area (Å²) in [5, 5.41) is 17.0. The largest absolute Gasteiger partial charge is 0.389 e. The summed E-state index contributed by atoms with van der Waals surface area (Å²) in [7, 11) is 0. The molecule has 96 valence electrons. The van der Waals surface area contributed by atoms with Gasteiger partial charge in [0, 0.05) is 18.1 Å². The molecule has 0 saturated heterocycles. The fraction of sp³-hybridized carbons (Fsp3) is 0.769. The Morgan fingerprint density at radius 2 is 2.12 bits per heavy atom. The second-order valence-corrected chi connectivity index (χ2v) is 6.04. The number of hydrogen-bond acceptors (Lipinski definition) is 4. The molecule has 17 heavy (non-hydrogen) atoms. The van der Waals surface area contributed by atoms with Gasteiger partial charge < -0.3 is 10.4 Å². The van der Waals surface area contributed by atoms with Gasteiger partial charge >= 0.3 is 0 Å². The monoisotopic (exact) mass is 254 g/mol. The lowest BCUT2D eigenvalue weighted by molar-refractivity contribution is 0.0231. The van der Waals surface area contributed by atoms with Gasteiger partial charge in [0.15, 0.2) is 0 Å². The first-order valence-corrected chi connectivity index (χ1v) is 7.43. The molecule has 0 aliphatic heterocycles. The molecule has 4 heteroatoms. The third-order valence-electron chi connectivity index (χ3n) is 3.59. The van der Waals surface area contributed by atoms with Gasteiger partial charge in [0.2, 0.25) is 0 Å². The van der Waals surface area contributed by atoms with Gasteiger partial charge in [-0.1, -0.05) is 25.7 Å². The van der Waals surface area contributed by atoms with Crippen molar-refractivity contribution in [2.45, 2.75) is 57.1 Å². The van der Waals surface area contributed by atoms with Crippen LogP contribution in [-0.2, 0) is 0 Å². The zero-order chi connectivity index (χ0) is 12.1. The Morgan fingerprint density at radius 1 is 1.41 bits per heavy atom. The van der Waals surface area contributed by atoms with Crippen molar-refractivity contribution in [3.63, 3.8) is 0 Å². The smallest absolute Gasteiger partial charge is 0.109 e. The maximum Gasteiger partial charge on any atom is 0.109 e. The number of aromatic nitrogens is 1. The van der Waals surface area contributed by atoms with E-state index in [4.69, 9.17) is 0 Å². The van der Waals surface area contributed by atoms with Gasteiger partial charge in [-0.25, -0.2) is 4.98 Å². The summed E-state index contributed by atoms with van der Waals surface area (Å²) in [5.41, 5.74) is -0.498. The van der Waals surface area contributed by atoms with E-state index < -0.39 is 5.60 Å². The van der Waals surface area contributed by atoms with E-state index in [9.17, 15) is 5.11 Å². The van der Waals surface area contributed by atoms with E-state index >= 15 is 0 Å². The van der Waals surface area contributed by atoms with Crippen LogP contribution in [0.4, 0.5) is 0 Å². The van der Waals surface area contributed by atoms with Crippen LogP contribution in [0.1, 0.15) is 56.5 Å². The highest BCUT2D eigenvalue weighted by atomic mass is 32.1. The van der Waals surface area contributed by atoms with Gasteiger partial charge in [0.05, 0.1) is 11.6 Å². The molecule has 0 spiro atoms. The average Bonchev–Trinajstić information content (AvgIpc) is 2.77. The third kappa shape index (κ3) is 3.76. The highest BCUT2D eigenvalue weighted by molar-refractivity contribution is 7.09. The lowest BCUT2D eigenvalue weighted by Gasteiger charge is -2.28. The molecule has 2 N–H and O–H groups in total. The van der Waals surface area contributed by atoms with Crippen LogP contribution in [0.3, 0.4) is 0 Å². The molecule has 1 aliphatic rings. The second-order valence-electron chi connectivity index (χ2n) is 5.11. The van der Waals surface area contributed by atoms with Gasteiger partial charge in [-0.05, 0) is 19.8 Å². The van der Waals surface area contributed by atoms with E-state index in [0.29, 0.717) is 6.54 Å². The summed E-state index contributed by atoms with van der Waals surface area (Å²) >= 11 is 1.67. The van der Waals surface area contributed by atoms with Crippen molar-refractivity contribution in [2.24, 2.45) is 0 Å². The average molecular weight is 254 g/mol. The van der Waals surface area contributed by atoms with Gasteiger partial charge in [-0.3, -0.25) is 0 Å². The molecule has 1 saturated carbocycles. The summed E-state index contributed by atoms with van der Waals surface area (Å²) in [6, 6.07) is 0.238. The number of rotatable bonds is 4. The van der Waals surface area contributed by atoms with Crippen LogP contribution in [0.5, 0.6) is 0 Å². The quantitative estimate of drug-likeness (QED) is 0.812. The highest BCUT2D eigenvalue weighted by Gasteiger charge is 2.28. The lowest BCUT2D eigenvalue weighted by atomic mass is 9.94. The molecule has 1 aromatic heterocycles. The molecule has 0 bridgehead atoms. The van der Waals surface area contributed by atoms with Crippen LogP contribution in [0.25, 0.3) is 0 Å². The number of aliphatic hydroxyl groups is 1. The Balaban J connectivity index is 1.84. The van der Waals surface area contributed by atoms with Crippen LogP contribution in [0.2, 0.25) is 0 Å². The van der Waals surface area contributed by atoms with E-state index in [-0.39, 0.29) is 6.04 Å². The normalized spacial score (nSPS) is 22.0. The summed E-state index contributed by atoms with van der Waals surface area (Å²) in [6.07, 6.45) is 8.55. The van der Waals surface area contributed by atoms with Crippen LogP contribution < -0.4 is 5.32 Å². The predicted molar refractivity (Wildman–Crippen MR) is 71.2 cm³/mol. The van der Waals surface area contributed by atoms with Crippen molar-refractivity contribution in [3.8, 4) is 0 Å². The maximum atomic E-state index is 10.5. The molecule has 1 heterocycles. The van der Waals surface area contributed by atoms with Gasteiger partial charge in [0.1, 0.15) is 5.01 Å². The van der Waals surface area contributed by atoms with Crippen molar-refractivity contribution in [3.05, 3.63) is 16.6 Å². The summed E-state index contributed by atoms with van der Waals surface area (Å²) in [4.78, 5) is 4.30. The number of thiazole rings is 1. The van der Waals surface area contributed by atoms with Crippen molar-refractivity contribution < 1.29 is 5.11 Å². The molecule has 0 radical (unpaired) electrons. The molecular formula is C13H22N2OS. The fourth-order valence-corrected chi connectivity index (χ4v) is 3.11. The van der Waals surface area contributed by atoms with Gasteiger partial charge in [-0.2, -0.15) is 0 Å². The zero-order valence-corrected chi connectivity index (χ0v) is 11.3. The summed E-state index contributed by atoms with van der Waals surface area (Å²) in [6.45, 7) is 2.80. The van der Waals surface area contributed by atoms with Crippen LogP contribution >= 0.6 is 11.3 Å². The van der Waals surface area contributed by atoms with Crippen LogP contribution in [0, 0.1) is 0 Å². The molecule has 1 atom stereocenters. The molecule has 1 aromatic rings. The number of nitrogens with zero attached hydrogens (tertiary/aromatic N) is 1. The Kier molecular flexibility index (Phi) is 4.54. The van der Waals surface area contributed by atoms with Crippen LogP contribution in [0.15, 0.2) is 11.6 Å². The Hall–Kier alpha value is -0.450. The van der Waals surface area contributed by atoms with E-state index in [1.54, 1.807) is 11.3 Å². The lowest BCUT2D eigenvalue weighted by Crippen LogP contribution is -2.41. The topological polar surface area (TPSA) is 45.1 Å². The first-order valence-electron chi connectivity index (χ1n) is 6.55. The molecule has 0 aromatic carbocycles. The van der Waals surface area contributed by atoms with Gasteiger partial charge in [-0.15, -0.1) is 11.3 Å². The molecule has 1 fully saturated rings. The number of nitrogens with one attached hydrogen (secondary N) is 1.